The Hall–Kier alpha value is -0.0800. The predicted octanol–water partition coefficient (Wildman–Crippen LogP) is -1.31. The molecule has 0 aliphatic carbocycles. The lowest BCUT2D eigenvalue weighted by Gasteiger charge is -1.96. The first-order valence-electron chi connectivity index (χ1n) is 1.61. The smallest absolute Gasteiger partial charge is 0.0965 e. The van der Waals surface area contributed by atoms with E-state index >= 15 is 0 Å². The van der Waals surface area contributed by atoms with Crippen LogP contribution in [-0.4, -0.2) is 21.2 Å². The van der Waals surface area contributed by atoms with Crippen LogP contribution in [0.1, 0.15) is 0 Å². The molecule has 0 aliphatic rings. The molecule has 5 heavy (non-hydrogen) atoms. The molecule has 0 saturated carbocycles. The molecular formula is C3H10NO+. The zero-order valence-electron chi connectivity index (χ0n) is 3.91. The lowest BCUT2D eigenvalue weighted by atomic mass is 11.2. The van der Waals surface area contributed by atoms with E-state index in [0.717, 1.165) is 5.06 Å². The normalized spacial score (nSPS) is 9.60. The van der Waals surface area contributed by atoms with Crippen molar-refractivity contribution in [1.29, 1.82) is 0 Å². The highest BCUT2D eigenvalue weighted by atomic mass is 16.7. The van der Waals surface area contributed by atoms with Crippen molar-refractivity contribution < 1.29 is 9.90 Å². The van der Waals surface area contributed by atoms with Crippen molar-refractivity contribution in [3.8, 4) is 0 Å². The number of hydrogen-bond donors (Lipinski definition) is 1. The third-order valence-corrected chi connectivity index (χ3v) is 0.408. The number of quaternary nitrogens is 1. The molecule has 32 valence electrons. The third-order valence-electron chi connectivity index (χ3n) is 0.408. The van der Waals surface area contributed by atoms with E-state index in [-0.39, 0.29) is 0 Å². The van der Waals surface area contributed by atoms with Gasteiger partial charge in [-0.15, -0.1) is 0 Å². The zero-order valence-corrected chi connectivity index (χ0v) is 3.91. The first-order chi connectivity index (χ1) is 2.27. The van der Waals surface area contributed by atoms with Gasteiger partial charge in [-0.2, -0.15) is 5.06 Å². The highest BCUT2D eigenvalue weighted by Crippen LogP contribution is 1.21. The van der Waals surface area contributed by atoms with Gasteiger partial charge in [0.1, 0.15) is 0 Å². The molecule has 0 saturated heterocycles. The van der Waals surface area contributed by atoms with Crippen molar-refractivity contribution in [2.75, 3.05) is 21.2 Å². The van der Waals surface area contributed by atoms with Crippen LogP contribution in [0, 0.1) is 0 Å². The van der Waals surface area contributed by atoms with Crippen molar-refractivity contribution in [2.24, 2.45) is 0 Å². The van der Waals surface area contributed by atoms with E-state index in [0.29, 0.717) is 0 Å². The SMILES string of the molecule is CO[NH+](C)C. The molecule has 0 spiro atoms. The molecule has 0 aromatic carbocycles. The van der Waals surface area contributed by atoms with Crippen LogP contribution < -0.4 is 5.06 Å². The highest BCUT2D eigenvalue weighted by molar-refractivity contribution is 3.52. The van der Waals surface area contributed by atoms with Crippen LogP contribution in [0.3, 0.4) is 0 Å². The molecule has 0 amide bonds. The van der Waals surface area contributed by atoms with E-state index in [1.54, 1.807) is 7.11 Å². The molecule has 2 nitrogen and oxygen atoms in total. The minimum atomic E-state index is 1.00. The molecular weight excluding hydrogens is 66.0 g/mol. The molecule has 2 heteroatoms. The van der Waals surface area contributed by atoms with Gasteiger partial charge in [-0.25, -0.2) is 4.84 Å². The maximum atomic E-state index is 4.67. The van der Waals surface area contributed by atoms with E-state index in [1.807, 2.05) is 14.1 Å². The fourth-order valence-electron chi connectivity index (χ4n) is 0. The lowest BCUT2D eigenvalue weighted by molar-refractivity contribution is -1.06. The van der Waals surface area contributed by atoms with Gasteiger partial charge in [0.2, 0.25) is 0 Å². The minimum Gasteiger partial charge on any atom is -0.208 e. The summed E-state index contributed by atoms with van der Waals surface area (Å²) >= 11 is 0. The summed E-state index contributed by atoms with van der Waals surface area (Å²) in [5, 5.41) is 1.00. The Bertz CT molecular complexity index is 20.9. The van der Waals surface area contributed by atoms with Gasteiger partial charge in [0, 0.05) is 0 Å². The second kappa shape index (κ2) is 2.18. The van der Waals surface area contributed by atoms with Crippen LogP contribution in [0.5, 0.6) is 0 Å². The summed E-state index contributed by atoms with van der Waals surface area (Å²) in [5.41, 5.74) is 0. The van der Waals surface area contributed by atoms with Crippen LogP contribution in [0.15, 0.2) is 0 Å². The molecule has 0 atom stereocenters. The summed E-state index contributed by atoms with van der Waals surface area (Å²) in [7, 11) is 5.50. The molecule has 0 radical (unpaired) electrons. The zero-order chi connectivity index (χ0) is 4.28. The second-order valence-electron chi connectivity index (χ2n) is 1.11. The highest BCUT2D eigenvalue weighted by Gasteiger charge is 1.75. The van der Waals surface area contributed by atoms with Crippen molar-refractivity contribution in [1.82, 2.24) is 0 Å². The van der Waals surface area contributed by atoms with Crippen LogP contribution in [-0.2, 0) is 4.84 Å². The number of hydrogen-bond acceptors (Lipinski definition) is 1. The maximum Gasteiger partial charge on any atom is 0.0965 e. The third kappa shape index (κ3) is 3.92. The summed E-state index contributed by atoms with van der Waals surface area (Å²) in [6.07, 6.45) is 0. The molecule has 0 unspecified atom stereocenters. The van der Waals surface area contributed by atoms with E-state index in [2.05, 4.69) is 4.84 Å². The van der Waals surface area contributed by atoms with Crippen molar-refractivity contribution in [3.05, 3.63) is 0 Å². The molecule has 1 N–H and O–H groups in total. The second-order valence-corrected chi connectivity index (χ2v) is 1.11. The van der Waals surface area contributed by atoms with Crippen LogP contribution in [0.2, 0.25) is 0 Å². The van der Waals surface area contributed by atoms with Gasteiger partial charge < -0.3 is 0 Å². The van der Waals surface area contributed by atoms with E-state index < -0.39 is 0 Å². The minimum absolute atomic E-state index is 1.00. The van der Waals surface area contributed by atoms with E-state index in [4.69, 9.17) is 0 Å². The van der Waals surface area contributed by atoms with Gasteiger partial charge in [-0.1, -0.05) is 0 Å². The summed E-state index contributed by atoms with van der Waals surface area (Å²) < 4.78 is 0. The Kier molecular flexibility index (Phi) is 2.14. The van der Waals surface area contributed by atoms with Gasteiger partial charge >= 0.3 is 0 Å². The average Bonchev–Trinajstić information content (AvgIpc) is 1.38. The maximum absolute atomic E-state index is 4.67. The first kappa shape index (κ1) is 4.92. The fraction of sp³-hybridized carbons (Fsp3) is 1.00. The summed E-state index contributed by atoms with van der Waals surface area (Å²) in [4.78, 5) is 4.67. The van der Waals surface area contributed by atoms with Gasteiger partial charge in [0.15, 0.2) is 0 Å². The van der Waals surface area contributed by atoms with Crippen molar-refractivity contribution >= 4 is 0 Å². The van der Waals surface area contributed by atoms with Gasteiger partial charge in [-0.3, -0.25) is 0 Å². The van der Waals surface area contributed by atoms with Gasteiger partial charge in [-0.05, 0) is 0 Å². The fourth-order valence-corrected chi connectivity index (χ4v) is 0. The van der Waals surface area contributed by atoms with Crippen LogP contribution >= 0.6 is 0 Å². The van der Waals surface area contributed by atoms with Crippen LogP contribution in [0.4, 0.5) is 0 Å². The number of hydroxylamine groups is 2. The topological polar surface area (TPSA) is 13.7 Å². The van der Waals surface area contributed by atoms with Crippen molar-refractivity contribution in [2.45, 2.75) is 0 Å². The quantitative estimate of drug-likeness (QED) is 0.383. The van der Waals surface area contributed by atoms with Crippen molar-refractivity contribution in [3.63, 3.8) is 0 Å². The molecule has 0 rings (SSSR count). The Morgan fingerprint density at radius 1 is 1.40 bits per heavy atom. The van der Waals surface area contributed by atoms with E-state index in [1.165, 1.54) is 0 Å². The van der Waals surface area contributed by atoms with Gasteiger partial charge in [0.05, 0.1) is 21.2 Å². The standard InChI is InChI=1S/C3H9NO/c1-4(2)5-3/h1-3H3/p+1. The number of nitrogens with one attached hydrogen (secondary N) is 1. The van der Waals surface area contributed by atoms with Gasteiger partial charge in [0.25, 0.3) is 0 Å². The Morgan fingerprint density at radius 2 is 1.60 bits per heavy atom. The molecule has 0 heterocycles. The Labute approximate surface area is 32.3 Å². The predicted molar refractivity (Wildman–Crippen MR) is 19.8 cm³/mol. The summed E-state index contributed by atoms with van der Waals surface area (Å²) in [6, 6.07) is 0. The Morgan fingerprint density at radius 3 is 1.60 bits per heavy atom. The molecule has 0 bridgehead atoms. The monoisotopic (exact) mass is 76.1 g/mol. The largest absolute Gasteiger partial charge is 0.208 e. The molecule has 0 aliphatic heterocycles. The van der Waals surface area contributed by atoms with Crippen LogP contribution in [0.25, 0.3) is 0 Å². The summed E-state index contributed by atoms with van der Waals surface area (Å²) in [6.45, 7) is 0. The first-order valence-corrected chi connectivity index (χ1v) is 1.61. The molecule has 0 fully saturated rings. The average molecular weight is 76.1 g/mol. The lowest BCUT2D eigenvalue weighted by Crippen LogP contribution is -3.04. The Balaban J connectivity index is 2.54. The molecule has 0 aromatic heterocycles. The molecule has 0 aromatic rings. The number of rotatable bonds is 1. The van der Waals surface area contributed by atoms with E-state index in [9.17, 15) is 0 Å². The summed E-state index contributed by atoms with van der Waals surface area (Å²) in [5.74, 6) is 0.